The number of aromatic nitrogens is 1. The molecule has 3 rings (SSSR count). The molecule has 0 radical (unpaired) electrons. The molecule has 96 valence electrons. The van der Waals surface area contributed by atoms with Crippen molar-refractivity contribution in [1.29, 1.82) is 0 Å². The van der Waals surface area contributed by atoms with Crippen molar-refractivity contribution in [3.63, 3.8) is 0 Å². The number of aliphatic hydroxyl groups excluding tert-OH is 1. The van der Waals surface area contributed by atoms with E-state index in [1.807, 2.05) is 30.3 Å². The van der Waals surface area contributed by atoms with Gasteiger partial charge in [0.2, 0.25) is 0 Å². The molecule has 0 amide bonds. The molecule has 19 heavy (non-hydrogen) atoms. The molecule has 0 aliphatic rings. The van der Waals surface area contributed by atoms with Gasteiger partial charge in [-0.05, 0) is 41.3 Å². The number of aliphatic hydroxyl groups is 1. The van der Waals surface area contributed by atoms with E-state index in [0.29, 0.717) is 0 Å². The lowest BCUT2D eigenvalue weighted by atomic mass is 10.00. The Morgan fingerprint density at radius 1 is 1.16 bits per heavy atom. The van der Waals surface area contributed by atoms with Gasteiger partial charge in [-0.3, -0.25) is 4.98 Å². The molecule has 0 fully saturated rings. The van der Waals surface area contributed by atoms with Gasteiger partial charge in [0.05, 0.1) is 11.6 Å². The van der Waals surface area contributed by atoms with Crippen LogP contribution in [-0.4, -0.2) is 10.1 Å². The smallest absolute Gasteiger partial charge is 0.0814 e. The normalized spacial score (nSPS) is 12.7. The van der Waals surface area contributed by atoms with Gasteiger partial charge < -0.3 is 5.11 Å². The molecule has 0 aliphatic heterocycles. The minimum atomic E-state index is -0.460. The van der Waals surface area contributed by atoms with Crippen LogP contribution in [0.3, 0.4) is 0 Å². The molecular formula is C16H15NOS. The first-order valence-electron chi connectivity index (χ1n) is 6.37. The van der Waals surface area contributed by atoms with Crippen molar-refractivity contribution < 1.29 is 5.11 Å². The summed E-state index contributed by atoms with van der Waals surface area (Å²) in [6.07, 6.45) is 2.94. The summed E-state index contributed by atoms with van der Waals surface area (Å²) in [6, 6.07) is 12.0. The number of hydrogen-bond donors (Lipinski definition) is 1. The molecule has 2 heterocycles. The fourth-order valence-corrected chi connectivity index (χ4v) is 2.99. The van der Waals surface area contributed by atoms with Gasteiger partial charge in [0, 0.05) is 17.1 Å². The van der Waals surface area contributed by atoms with Crippen LogP contribution in [0, 0.1) is 0 Å². The largest absolute Gasteiger partial charge is 0.388 e. The first kappa shape index (κ1) is 12.3. The number of hydrogen-bond acceptors (Lipinski definition) is 3. The quantitative estimate of drug-likeness (QED) is 0.777. The maximum atomic E-state index is 10.4. The van der Waals surface area contributed by atoms with Gasteiger partial charge in [-0.25, -0.2) is 0 Å². The summed E-state index contributed by atoms with van der Waals surface area (Å²) in [4.78, 5) is 4.39. The topological polar surface area (TPSA) is 33.1 Å². The molecule has 2 nitrogen and oxygen atoms in total. The summed E-state index contributed by atoms with van der Waals surface area (Å²) in [5, 5.41) is 15.7. The molecule has 1 aromatic carbocycles. The van der Waals surface area contributed by atoms with E-state index in [1.54, 1.807) is 17.5 Å². The molecule has 3 heteroatoms. The molecule has 0 saturated carbocycles. The molecule has 2 aromatic heterocycles. The number of para-hydroxylation sites is 1. The van der Waals surface area contributed by atoms with Crippen LogP contribution < -0.4 is 0 Å². The van der Waals surface area contributed by atoms with Gasteiger partial charge in [-0.2, -0.15) is 11.3 Å². The number of nitrogens with zero attached hydrogens (tertiary/aromatic N) is 1. The Morgan fingerprint density at radius 3 is 2.89 bits per heavy atom. The van der Waals surface area contributed by atoms with Gasteiger partial charge in [-0.15, -0.1) is 0 Å². The van der Waals surface area contributed by atoms with E-state index < -0.39 is 6.10 Å². The van der Waals surface area contributed by atoms with Crippen LogP contribution >= 0.6 is 11.3 Å². The first-order valence-corrected chi connectivity index (χ1v) is 7.31. The highest BCUT2D eigenvalue weighted by Gasteiger charge is 2.12. The number of fused-ring (bicyclic) bond motifs is 1. The molecular weight excluding hydrogens is 254 g/mol. The second-order valence-electron chi connectivity index (χ2n) is 4.61. The van der Waals surface area contributed by atoms with E-state index in [-0.39, 0.29) is 0 Å². The number of thiophene rings is 1. The average Bonchev–Trinajstić information content (AvgIpc) is 2.97. The van der Waals surface area contributed by atoms with Crippen molar-refractivity contribution in [3.8, 4) is 0 Å². The second-order valence-corrected chi connectivity index (χ2v) is 5.39. The molecule has 0 spiro atoms. The van der Waals surface area contributed by atoms with E-state index in [4.69, 9.17) is 0 Å². The van der Waals surface area contributed by atoms with E-state index in [9.17, 15) is 5.11 Å². The Bertz CT molecular complexity index is 658. The Labute approximate surface area is 116 Å². The van der Waals surface area contributed by atoms with Gasteiger partial charge >= 0.3 is 0 Å². The number of benzene rings is 1. The van der Waals surface area contributed by atoms with Crippen molar-refractivity contribution in [2.45, 2.75) is 18.9 Å². The average molecular weight is 269 g/mol. The van der Waals surface area contributed by atoms with Gasteiger partial charge in [0.15, 0.2) is 0 Å². The van der Waals surface area contributed by atoms with Crippen molar-refractivity contribution in [2.24, 2.45) is 0 Å². The molecule has 0 saturated heterocycles. The van der Waals surface area contributed by atoms with E-state index in [2.05, 4.69) is 21.8 Å². The number of pyridine rings is 1. The van der Waals surface area contributed by atoms with E-state index in [0.717, 1.165) is 29.3 Å². The molecule has 1 atom stereocenters. The van der Waals surface area contributed by atoms with Crippen LogP contribution in [0.25, 0.3) is 10.9 Å². The third-order valence-electron chi connectivity index (χ3n) is 3.31. The zero-order valence-corrected chi connectivity index (χ0v) is 11.3. The van der Waals surface area contributed by atoms with Crippen molar-refractivity contribution >= 4 is 22.2 Å². The third-order valence-corrected chi connectivity index (χ3v) is 4.04. The third kappa shape index (κ3) is 2.67. The van der Waals surface area contributed by atoms with E-state index >= 15 is 0 Å². The Hall–Kier alpha value is -1.71. The summed E-state index contributed by atoms with van der Waals surface area (Å²) in [5.41, 5.74) is 3.12. The Kier molecular flexibility index (Phi) is 3.58. The lowest BCUT2D eigenvalue weighted by molar-refractivity contribution is 0.169. The Morgan fingerprint density at radius 2 is 2.05 bits per heavy atom. The summed E-state index contributed by atoms with van der Waals surface area (Å²) >= 11 is 1.70. The lowest BCUT2D eigenvalue weighted by Gasteiger charge is -2.12. The van der Waals surface area contributed by atoms with Gasteiger partial charge in [0.1, 0.15) is 0 Å². The first-order chi connectivity index (χ1) is 9.34. The lowest BCUT2D eigenvalue weighted by Crippen LogP contribution is -2.01. The molecule has 0 aliphatic carbocycles. The highest BCUT2D eigenvalue weighted by atomic mass is 32.1. The monoisotopic (exact) mass is 269 g/mol. The predicted octanol–water partition coefficient (Wildman–Crippen LogP) is 3.96. The zero-order chi connectivity index (χ0) is 13.1. The predicted molar refractivity (Wildman–Crippen MR) is 79.3 cm³/mol. The number of rotatable bonds is 4. The van der Waals surface area contributed by atoms with Crippen LogP contribution in [-0.2, 0) is 6.42 Å². The van der Waals surface area contributed by atoms with Crippen LogP contribution in [0.15, 0.2) is 53.4 Å². The summed E-state index contributed by atoms with van der Waals surface area (Å²) in [7, 11) is 0. The van der Waals surface area contributed by atoms with Crippen LogP contribution in [0.4, 0.5) is 0 Å². The SMILES string of the molecule is OC(CCc1ccsc1)c1cccc2cccnc12. The maximum Gasteiger partial charge on any atom is 0.0814 e. The molecule has 1 unspecified atom stereocenters. The summed E-state index contributed by atoms with van der Waals surface area (Å²) in [6.45, 7) is 0. The fourth-order valence-electron chi connectivity index (χ4n) is 2.29. The van der Waals surface area contributed by atoms with Crippen molar-refractivity contribution in [1.82, 2.24) is 4.98 Å². The fraction of sp³-hybridized carbons (Fsp3) is 0.188. The molecule has 0 bridgehead atoms. The van der Waals surface area contributed by atoms with Crippen molar-refractivity contribution in [2.75, 3.05) is 0 Å². The summed E-state index contributed by atoms with van der Waals surface area (Å²) < 4.78 is 0. The summed E-state index contributed by atoms with van der Waals surface area (Å²) in [5.74, 6) is 0. The molecule has 3 aromatic rings. The minimum absolute atomic E-state index is 0.460. The highest BCUT2D eigenvalue weighted by molar-refractivity contribution is 7.07. The van der Waals surface area contributed by atoms with E-state index in [1.165, 1.54) is 5.56 Å². The molecule has 1 N–H and O–H groups in total. The van der Waals surface area contributed by atoms with Gasteiger partial charge in [-0.1, -0.05) is 24.3 Å². The zero-order valence-electron chi connectivity index (χ0n) is 10.5. The highest BCUT2D eigenvalue weighted by Crippen LogP contribution is 2.25. The number of aryl methyl sites for hydroxylation is 1. The maximum absolute atomic E-state index is 10.4. The van der Waals surface area contributed by atoms with Crippen LogP contribution in [0.5, 0.6) is 0 Å². The standard InChI is InChI=1S/C16H15NOS/c18-15(7-6-12-8-10-19-11-12)14-5-1-3-13-4-2-9-17-16(13)14/h1-5,8-11,15,18H,6-7H2. The second kappa shape index (κ2) is 5.51. The van der Waals surface area contributed by atoms with Crippen LogP contribution in [0.1, 0.15) is 23.7 Å². The minimum Gasteiger partial charge on any atom is -0.388 e. The van der Waals surface area contributed by atoms with Crippen LogP contribution in [0.2, 0.25) is 0 Å². The van der Waals surface area contributed by atoms with Gasteiger partial charge in [0.25, 0.3) is 0 Å². The van der Waals surface area contributed by atoms with Crippen molar-refractivity contribution in [3.05, 3.63) is 64.5 Å². The Balaban J connectivity index is 1.83.